The first kappa shape index (κ1) is 14.9. The number of nitrogens with zero attached hydrogens (tertiary/aromatic N) is 1. The van der Waals surface area contributed by atoms with Crippen LogP contribution >= 0.6 is 31.9 Å². The lowest BCUT2D eigenvalue weighted by Crippen LogP contribution is -2.27. The van der Waals surface area contributed by atoms with Crippen molar-refractivity contribution in [3.63, 3.8) is 0 Å². The van der Waals surface area contributed by atoms with Gasteiger partial charge in [0, 0.05) is 10.7 Å². The van der Waals surface area contributed by atoms with Gasteiger partial charge < -0.3 is 9.88 Å². The Labute approximate surface area is 130 Å². The van der Waals surface area contributed by atoms with Gasteiger partial charge in [0.1, 0.15) is 12.4 Å². The molecule has 0 atom stereocenters. The van der Waals surface area contributed by atoms with Crippen LogP contribution in [0, 0.1) is 5.82 Å². The van der Waals surface area contributed by atoms with Crippen LogP contribution < -0.4 is 10.9 Å². The number of rotatable bonds is 3. The van der Waals surface area contributed by atoms with Gasteiger partial charge in [0.2, 0.25) is 5.91 Å². The number of nitrogens with one attached hydrogen (secondary N) is 1. The maximum absolute atomic E-state index is 13.4. The van der Waals surface area contributed by atoms with E-state index in [9.17, 15) is 14.0 Å². The van der Waals surface area contributed by atoms with Crippen LogP contribution in [0.2, 0.25) is 0 Å². The van der Waals surface area contributed by atoms with Crippen molar-refractivity contribution in [2.45, 2.75) is 6.54 Å². The molecule has 0 saturated carbocycles. The van der Waals surface area contributed by atoms with Crippen LogP contribution in [0.3, 0.4) is 0 Å². The minimum atomic E-state index is -0.524. The largest absolute Gasteiger partial charge is 0.322 e. The van der Waals surface area contributed by atoms with Crippen LogP contribution in [-0.2, 0) is 11.3 Å². The van der Waals surface area contributed by atoms with Crippen molar-refractivity contribution in [1.29, 1.82) is 0 Å². The number of para-hydroxylation sites is 1. The van der Waals surface area contributed by atoms with Crippen LogP contribution in [0.4, 0.5) is 10.1 Å². The molecule has 0 bridgehead atoms. The Hall–Kier alpha value is -1.47. The number of amides is 1. The molecule has 20 heavy (non-hydrogen) atoms. The summed E-state index contributed by atoms with van der Waals surface area (Å²) >= 11 is 6.34. The summed E-state index contributed by atoms with van der Waals surface area (Å²) in [6.07, 6.45) is 1.49. The minimum absolute atomic E-state index is 0.0830. The monoisotopic (exact) mass is 402 g/mol. The molecule has 0 aliphatic heterocycles. The number of benzene rings is 1. The predicted molar refractivity (Wildman–Crippen MR) is 81.1 cm³/mol. The number of hydrogen-bond donors (Lipinski definition) is 1. The van der Waals surface area contributed by atoms with Crippen molar-refractivity contribution in [1.82, 2.24) is 4.57 Å². The lowest BCUT2D eigenvalue weighted by molar-refractivity contribution is -0.116. The topological polar surface area (TPSA) is 51.1 Å². The molecular formula is C13H9Br2FN2O2. The molecule has 1 heterocycles. The minimum Gasteiger partial charge on any atom is -0.322 e. The number of carbonyl (C=O) groups excluding carboxylic acids is 1. The van der Waals surface area contributed by atoms with Crippen LogP contribution in [-0.4, -0.2) is 10.5 Å². The van der Waals surface area contributed by atoms with E-state index in [2.05, 4.69) is 37.2 Å². The standard InChI is InChI=1S/C13H9Br2FN2O2/c14-8-5-9(15)13(20)18(6-8)7-12(19)17-11-4-2-1-3-10(11)16/h1-6H,7H2,(H,17,19). The summed E-state index contributed by atoms with van der Waals surface area (Å²) in [5, 5.41) is 2.42. The second-order valence-corrected chi connectivity index (χ2v) is 5.74. The van der Waals surface area contributed by atoms with E-state index in [0.717, 1.165) is 0 Å². The number of hydrogen-bond acceptors (Lipinski definition) is 2. The first-order valence-electron chi connectivity index (χ1n) is 5.57. The van der Waals surface area contributed by atoms with Gasteiger partial charge in [-0.1, -0.05) is 12.1 Å². The number of halogens is 3. The molecule has 0 fully saturated rings. The highest BCUT2D eigenvalue weighted by atomic mass is 79.9. The highest BCUT2D eigenvalue weighted by Crippen LogP contribution is 2.14. The molecule has 4 nitrogen and oxygen atoms in total. The Morgan fingerprint density at radius 1 is 1.30 bits per heavy atom. The van der Waals surface area contributed by atoms with Crippen LogP contribution in [0.15, 0.2) is 50.3 Å². The zero-order chi connectivity index (χ0) is 14.7. The van der Waals surface area contributed by atoms with Gasteiger partial charge in [-0.3, -0.25) is 9.59 Å². The number of anilines is 1. The van der Waals surface area contributed by atoms with E-state index in [1.54, 1.807) is 12.1 Å². The fourth-order valence-electron chi connectivity index (χ4n) is 1.59. The molecule has 0 aliphatic carbocycles. The maximum Gasteiger partial charge on any atom is 0.265 e. The molecule has 7 heteroatoms. The zero-order valence-corrected chi connectivity index (χ0v) is 13.2. The van der Waals surface area contributed by atoms with Crippen LogP contribution in [0.1, 0.15) is 0 Å². The molecule has 1 aromatic heterocycles. The smallest absolute Gasteiger partial charge is 0.265 e. The quantitative estimate of drug-likeness (QED) is 0.855. The van der Waals surface area contributed by atoms with E-state index in [1.807, 2.05) is 0 Å². The molecule has 0 unspecified atom stereocenters. The Balaban J connectivity index is 2.17. The Morgan fingerprint density at radius 3 is 2.70 bits per heavy atom. The lowest BCUT2D eigenvalue weighted by Gasteiger charge is -2.09. The molecule has 0 radical (unpaired) electrons. The lowest BCUT2D eigenvalue weighted by atomic mass is 10.3. The molecular weight excluding hydrogens is 395 g/mol. The average molecular weight is 404 g/mol. The summed E-state index contributed by atoms with van der Waals surface area (Å²) in [5.41, 5.74) is -0.253. The van der Waals surface area contributed by atoms with Gasteiger partial charge in [0.05, 0.1) is 10.2 Å². The molecule has 2 rings (SSSR count). The third-order valence-electron chi connectivity index (χ3n) is 2.47. The average Bonchev–Trinajstić information content (AvgIpc) is 2.38. The third-order valence-corrected chi connectivity index (χ3v) is 3.47. The summed E-state index contributed by atoms with van der Waals surface area (Å²) in [7, 11) is 0. The van der Waals surface area contributed by atoms with Crippen molar-refractivity contribution in [2.75, 3.05) is 5.32 Å². The second kappa shape index (κ2) is 6.32. The van der Waals surface area contributed by atoms with Gasteiger partial charge in [-0.15, -0.1) is 0 Å². The number of pyridine rings is 1. The van der Waals surface area contributed by atoms with Gasteiger partial charge in [0.15, 0.2) is 0 Å². The number of aromatic nitrogens is 1. The van der Waals surface area contributed by atoms with E-state index in [4.69, 9.17) is 0 Å². The van der Waals surface area contributed by atoms with E-state index in [0.29, 0.717) is 8.95 Å². The van der Waals surface area contributed by atoms with Gasteiger partial charge in [-0.25, -0.2) is 4.39 Å². The van der Waals surface area contributed by atoms with Crippen molar-refractivity contribution < 1.29 is 9.18 Å². The second-order valence-electron chi connectivity index (χ2n) is 3.97. The van der Waals surface area contributed by atoms with E-state index in [-0.39, 0.29) is 17.8 Å². The molecule has 2 aromatic rings. The van der Waals surface area contributed by atoms with Crippen molar-refractivity contribution in [2.24, 2.45) is 0 Å². The molecule has 1 N–H and O–H groups in total. The van der Waals surface area contributed by atoms with Gasteiger partial charge >= 0.3 is 0 Å². The van der Waals surface area contributed by atoms with Crippen molar-refractivity contribution in [3.8, 4) is 0 Å². The van der Waals surface area contributed by atoms with E-state index < -0.39 is 11.7 Å². The highest BCUT2D eigenvalue weighted by Gasteiger charge is 2.10. The summed E-state index contributed by atoms with van der Waals surface area (Å²) in [6, 6.07) is 7.43. The fourth-order valence-corrected chi connectivity index (χ4v) is 2.85. The van der Waals surface area contributed by atoms with Crippen molar-refractivity contribution >= 4 is 43.5 Å². The molecule has 1 amide bonds. The SMILES string of the molecule is O=C(Cn1cc(Br)cc(Br)c1=O)Nc1ccccc1F. The fraction of sp³-hybridized carbons (Fsp3) is 0.0769. The molecule has 0 saturated heterocycles. The Kier molecular flexibility index (Phi) is 4.72. The van der Waals surface area contributed by atoms with Gasteiger partial charge in [-0.2, -0.15) is 0 Å². The first-order chi connectivity index (χ1) is 9.47. The highest BCUT2D eigenvalue weighted by molar-refractivity contribution is 9.11. The van der Waals surface area contributed by atoms with Gasteiger partial charge in [-0.05, 0) is 50.1 Å². The molecule has 0 spiro atoms. The maximum atomic E-state index is 13.4. The summed E-state index contributed by atoms with van der Waals surface area (Å²) in [6.45, 7) is -0.203. The zero-order valence-electron chi connectivity index (χ0n) is 10.1. The predicted octanol–water partition coefficient (Wildman–Crippen LogP) is 3.15. The first-order valence-corrected chi connectivity index (χ1v) is 7.16. The normalized spacial score (nSPS) is 10.3. The third kappa shape index (κ3) is 3.55. The summed E-state index contributed by atoms with van der Waals surface area (Å²) in [5.74, 6) is -1.01. The molecule has 1 aromatic carbocycles. The Bertz CT molecular complexity index is 716. The van der Waals surface area contributed by atoms with Crippen LogP contribution in [0.25, 0.3) is 0 Å². The van der Waals surface area contributed by atoms with Crippen LogP contribution in [0.5, 0.6) is 0 Å². The van der Waals surface area contributed by atoms with E-state index >= 15 is 0 Å². The van der Waals surface area contributed by atoms with Gasteiger partial charge in [0.25, 0.3) is 5.56 Å². The molecule has 0 aliphatic rings. The number of carbonyl (C=O) groups is 1. The summed E-state index contributed by atoms with van der Waals surface area (Å²) < 4.78 is 15.6. The molecule has 104 valence electrons. The Morgan fingerprint density at radius 2 is 2.00 bits per heavy atom. The van der Waals surface area contributed by atoms with E-state index in [1.165, 1.54) is 29.0 Å². The van der Waals surface area contributed by atoms with Crippen molar-refractivity contribution in [3.05, 3.63) is 61.6 Å². The summed E-state index contributed by atoms with van der Waals surface area (Å²) in [4.78, 5) is 23.7.